The number of fused-ring (bicyclic) bond motifs is 1. The third-order valence-corrected chi connectivity index (χ3v) is 4.43. The number of benzene rings is 1. The highest BCUT2D eigenvalue weighted by atomic mass is 19.4. The van der Waals surface area contributed by atoms with E-state index in [1.807, 2.05) is 0 Å². The SMILES string of the molecule is O=C(O)c1ccc2[nH]cc(C3CCN(C(=O)C(F)(F)F)CC3)c2c1. The lowest BCUT2D eigenvalue weighted by atomic mass is 9.89. The lowest BCUT2D eigenvalue weighted by molar-refractivity contribution is -0.186. The number of likely N-dealkylation sites (tertiary alicyclic amines) is 1. The molecule has 128 valence electrons. The average Bonchev–Trinajstić information content (AvgIpc) is 2.96. The van der Waals surface area contributed by atoms with E-state index in [4.69, 9.17) is 5.11 Å². The van der Waals surface area contributed by atoms with Crippen molar-refractivity contribution in [2.24, 2.45) is 0 Å². The minimum absolute atomic E-state index is 0.0138. The number of carboxylic acid groups (broad SMARTS) is 1. The number of hydrogen-bond acceptors (Lipinski definition) is 2. The summed E-state index contributed by atoms with van der Waals surface area (Å²) >= 11 is 0. The Labute approximate surface area is 135 Å². The van der Waals surface area contributed by atoms with Crippen LogP contribution in [0.1, 0.15) is 34.7 Å². The maximum Gasteiger partial charge on any atom is 0.471 e. The molecule has 3 rings (SSSR count). The molecule has 2 heterocycles. The number of aromatic nitrogens is 1. The van der Waals surface area contributed by atoms with Crippen LogP contribution >= 0.6 is 0 Å². The van der Waals surface area contributed by atoms with Gasteiger partial charge in [0.05, 0.1) is 5.56 Å². The average molecular weight is 340 g/mol. The predicted molar refractivity (Wildman–Crippen MR) is 79.9 cm³/mol. The van der Waals surface area contributed by atoms with Crippen LogP contribution < -0.4 is 0 Å². The van der Waals surface area contributed by atoms with Gasteiger partial charge in [0, 0.05) is 30.2 Å². The first-order valence-corrected chi connectivity index (χ1v) is 7.48. The molecule has 1 fully saturated rings. The van der Waals surface area contributed by atoms with Crippen molar-refractivity contribution >= 4 is 22.8 Å². The summed E-state index contributed by atoms with van der Waals surface area (Å²) in [6.45, 7) is 0.0720. The number of piperidine rings is 1. The van der Waals surface area contributed by atoms with E-state index in [2.05, 4.69) is 4.98 Å². The Kier molecular flexibility index (Phi) is 3.98. The lowest BCUT2D eigenvalue weighted by Crippen LogP contribution is -2.45. The number of carbonyl (C=O) groups is 2. The Hall–Kier alpha value is -2.51. The van der Waals surface area contributed by atoms with Gasteiger partial charge in [-0.1, -0.05) is 0 Å². The number of carbonyl (C=O) groups excluding carboxylic acids is 1. The predicted octanol–water partition coefficient (Wildman–Crippen LogP) is 3.13. The summed E-state index contributed by atoms with van der Waals surface area (Å²) in [7, 11) is 0. The molecule has 1 amide bonds. The number of hydrogen-bond donors (Lipinski definition) is 2. The van der Waals surface area contributed by atoms with E-state index in [9.17, 15) is 22.8 Å². The summed E-state index contributed by atoms with van der Waals surface area (Å²) < 4.78 is 37.4. The van der Waals surface area contributed by atoms with E-state index in [0.717, 1.165) is 21.4 Å². The van der Waals surface area contributed by atoms with Gasteiger partial charge >= 0.3 is 18.1 Å². The number of halogens is 3. The summed E-state index contributed by atoms with van der Waals surface area (Å²) in [6.07, 6.45) is -2.26. The molecule has 1 saturated heterocycles. The Bertz CT molecular complexity index is 789. The first kappa shape index (κ1) is 16.4. The first-order chi connectivity index (χ1) is 11.3. The van der Waals surface area contributed by atoms with Crippen LogP contribution in [-0.2, 0) is 4.79 Å². The molecule has 1 aromatic heterocycles. The number of alkyl halides is 3. The fourth-order valence-corrected chi connectivity index (χ4v) is 3.19. The third-order valence-electron chi connectivity index (χ3n) is 4.43. The van der Waals surface area contributed by atoms with Crippen molar-refractivity contribution in [3.05, 3.63) is 35.5 Å². The Morgan fingerprint density at radius 3 is 2.46 bits per heavy atom. The number of nitrogens with zero attached hydrogens (tertiary/aromatic N) is 1. The zero-order valence-electron chi connectivity index (χ0n) is 12.6. The van der Waals surface area contributed by atoms with E-state index >= 15 is 0 Å². The standard InChI is InChI=1S/C16H15F3N2O3/c17-16(18,19)15(24)21-5-3-9(4-6-21)12-8-20-13-2-1-10(14(22)23)7-11(12)13/h1-2,7-9,20H,3-6H2,(H,22,23). The molecule has 1 aliphatic heterocycles. The van der Waals surface area contributed by atoms with Gasteiger partial charge in [0.1, 0.15) is 0 Å². The minimum Gasteiger partial charge on any atom is -0.478 e. The molecular weight excluding hydrogens is 325 g/mol. The number of carboxylic acids is 1. The number of aromatic carboxylic acids is 1. The maximum atomic E-state index is 12.5. The maximum absolute atomic E-state index is 12.5. The van der Waals surface area contributed by atoms with Gasteiger partial charge < -0.3 is 15.0 Å². The van der Waals surface area contributed by atoms with Gasteiger partial charge in [0.25, 0.3) is 0 Å². The monoisotopic (exact) mass is 340 g/mol. The van der Waals surface area contributed by atoms with E-state index in [1.165, 1.54) is 6.07 Å². The molecule has 24 heavy (non-hydrogen) atoms. The van der Waals surface area contributed by atoms with E-state index in [0.29, 0.717) is 12.8 Å². The molecule has 5 nitrogen and oxygen atoms in total. The summed E-state index contributed by atoms with van der Waals surface area (Å²) in [5.41, 5.74) is 1.82. The van der Waals surface area contributed by atoms with Gasteiger partial charge in [0.15, 0.2) is 0 Å². The fraction of sp³-hybridized carbons (Fsp3) is 0.375. The van der Waals surface area contributed by atoms with Crippen LogP contribution in [0.3, 0.4) is 0 Å². The second-order valence-electron chi connectivity index (χ2n) is 5.87. The molecule has 0 radical (unpaired) electrons. The van der Waals surface area contributed by atoms with Crippen LogP contribution in [0.25, 0.3) is 10.9 Å². The van der Waals surface area contributed by atoms with E-state index in [1.54, 1.807) is 18.3 Å². The lowest BCUT2D eigenvalue weighted by Gasteiger charge is -2.32. The molecule has 0 unspecified atom stereocenters. The number of aromatic amines is 1. The van der Waals surface area contributed by atoms with Crippen molar-refractivity contribution in [1.82, 2.24) is 9.88 Å². The van der Waals surface area contributed by atoms with Crippen LogP contribution in [0.2, 0.25) is 0 Å². The third kappa shape index (κ3) is 2.95. The highest BCUT2D eigenvalue weighted by Gasteiger charge is 2.43. The normalized spacial score (nSPS) is 16.5. The first-order valence-electron chi connectivity index (χ1n) is 7.48. The van der Waals surface area contributed by atoms with Crippen LogP contribution in [0.5, 0.6) is 0 Å². The zero-order chi connectivity index (χ0) is 17.5. The Balaban J connectivity index is 1.79. The molecule has 0 atom stereocenters. The zero-order valence-corrected chi connectivity index (χ0v) is 12.6. The Morgan fingerprint density at radius 2 is 1.88 bits per heavy atom. The molecule has 0 saturated carbocycles. The van der Waals surface area contributed by atoms with E-state index in [-0.39, 0.29) is 24.6 Å². The molecule has 2 N–H and O–H groups in total. The van der Waals surface area contributed by atoms with Crippen molar-refractivity contribution in [3.63, 3.8) is 0 Å². The molecule has 2 aromatic rings. The van der Waals surface area contributed by atoms with E-state index < -0.39 is 18.1 Å². The summed E-state index contributed by atoms with van der Waals surface area (Å²) in [5, 5.41) is 9.85. The fourth-order valence-electron chi connectivity index (χ4n) is 3.19. The molecular formula is C16H15F3N2O3. The second-order valence-corrected chi connectivity index (χ2v) is 5.87. The van der Waals surface area contributed by atoms with Crippen molar-refractivity contribution in [2.45, 2.75) is 24.9 Å². The van der Waals surface area contributed by atoms with Crippen molar-refractivity contribution in [3.8, 4) is 0 Å². The molecule has 0 aliphatic carbocycles. The number of nitrogens with one attached hydrogen (secondary N) is 1. The van der Waals surface area contributed by atoms with Gasteiger partial charge in [-0.25, -0.2) is 4.79 Å². The molecule has 1 aromatic carbocycles. The van der Waals surface area contributed by atoms with Gasteiger partial charge in [-0.15, -0.1) is 0 Å². The van der Waals surface area contributed by atoms with Crippen molar-refractivity contribution < 1.29 is 27.9 Å². The summed E-state index contributed by atoms with van der Waals surface area (Å²) in [5.74, 6) is -2.84. The van der Waals surface area contributed by atoms with Gasteiger partial charge in [0.2, 0.25) is 0 Å². The van der Waals surface area contributed by atoms with Crippen LogP contribution in [0, 0.1) is 0 Å². The van der Waals surface area contributed by atoms with Crippen LogP contribution in [-0.4, -0.2) is 46.1 Å². The van der Waals surface area contributed by atoms with Gasteiger partial charge in [-0.3, -0.25) is 4.79 Å². The number of amides is 1. The second kappa shape index (κ2) is 5.85. The summed E-state index contributed by atoms with van der Waals surface area (Å²) in [4.78, 5) is 26.3. The van der Waals surface area contributed by atoms with Crippen molar-refractivity contribution in [2.75, 3.05) is 13.1 Å². The minimum atomic E-state index is -4.84. The largest absolute Gasteiger partial charge is 0.478 e. The Morgan fingerprint density at radius 1 is 1.21 bits per heavy atom. The highest BCUT2D eigenvalue weighted by Crippen LogP contribution is 2.34. The number of H-pyrrole nitrogens is 1. The summed E-state index contributed by atoms with van der Waals surface area (Å²) in [6, 6.07) is 4.73. The highest BCUT2D eigenvalue weighted by molar-refractivity contribution is 5.94. The molecule has 1 aliphatic rings. The molecule has 0 bridgehead atoms. The van der Waals surface area contributed by atoms with Crippen molar-refractivity contribution in [1.29, 1.82) is 0 Å². The molecule has 0 spiro atoms. The van der Waals surface area contributed by atoms with Crippen LogP contribution in [0.15, 0.2) is 24.4 Å². The van der Waals surface area contributed by atoms with Gasteiger partial charge in [-0.2, -0.15) is 13.2 Å². The number of rotatable bonds is 2. The van der Waals surface area contributed by atoms with Crippen LogP contribution in [0.4, 0.5) is 13.2 Å². The van der Waals surface area contributed by atoms with Gasteiger partial charge in [-0.05, 0) is 42.5 Å². The quantitative estimate of drug-likeness (QED) is 0.882. The smallest absolute Gasteiger partial charge is 0.471 e. The molecule has 8 heteroatoms. The topological polar surface area (TPSA) is 73.4 Å².